The van der Waals surface area contributed by atoms with Gasteiger partial charge < -0.3 is 26.1 Å². The summed E-state index contributed by atoms with van der Waals surface area (Å²) in [5, 5.41) is 3.01. The van der Waals surface area contributed by atoms with E-state index < -0.39 is 0 Å². The first kappa shape index (κ1) is 18.1. The zero-order valence-corrected chi connectivity index (χ0v) is 14.3. The van der Waals surface area contributed by atoms with Gasteiger partial charge in [-0.1, -0.05) is 26.5 Å². The zero-order chi connectivity index (χ0) is 11.2. The summed E-state index contributed by atoms with van der Waals surface area (Å²) in [6, 6.07) is 0. The monoisotopic (exact) mass is 252 g/mol. The number of nitrogens with zero attached hydrogens (tertiary/aromatic N) is 1. The molecule has 1 heterocycles. The molecule has 0 aliphatic carbocycles. The molecule has 3 nitrogen and oxygen atoms in total. The molecule has 0 fully saturated rings. The van der Waals surface area contributed by atoms with Gasteiger partial charge in [-0.2, -0.15) is 5.38 Å². The van der Waals surface area contributed by atoms with Crippen molar-refractivity contribution in [2.45, 2.75) is 27.7 Å². The third-order valence-corrected chi connectivity index (χ3v) is 2.04. The van der Waals surface area contributed by atoms with Gasteiger partial charge >= 0.3 is 51.4 Å². The maximum Gasteiger partial charge on any atom is 1.00 e. The molecule has 1 aromatic rings. The fraction of sp³-hybridized carbons (Fsp3) is 0.600. The summed E-state index contributed by atoms with van der Waals surface area (Å²) < 4.78 is 0. The number of carbonyl (C=O) groups excluding carboxylic acids is 1. The molecule has 0 aromatic carbocycles. The largest absolute Gasteiger partial charge is 1.00 e. The Hall–Kier alpha value is 0.736. The number of carbonyl (C=O) groups is 1. The standard InChI is InChI=1S/C5H7N2S.C5H10O.K/c1-4-3-8-5(6-2)7-4;1-5(2,3)4-6;/h1-2H3,(H,6,7);4H,1-3H3;/q-1;;+1. The molecule has 0 radical (unpaired) electrons. The van der Waals surface area contributed by atoms with Crippen molar-refractivity contribution < 1.29 is 56.2 Å². The summed E-state index contributed by atoms with van der Waals surface area (Å²) in [6.45, 7) is 7.59. The van der Waals surface area contributed by atoms with E-state index in [2.05, 4.69) is 15.4 Å². The van der Waals surface area contributed by atoms with E-state index in [0.29, 0.717) is 0 Å². The molecule has 0 spiro atoms. The van der Waals surface area contributed by atoms with Crippen molar-refractivity contribution in [3.63, 3.8) is 0 Å². The Kier molecular flexibility index (Phi) is 10.7. The van der Waals surface area contributed by atoms with Crippen LogP contribution in [-0.4, -0.2) is 18.3 Å². The normalized spacial score (nSPS) is 11.1. The first-order valence-electron chi connectivity index (χ1n) is 4.35. The number of rotatable bonds is 0. The van der Waals surface area contributed by atoms with Crippen LogP contribution in [0, 0.1) is 17.7 Å². The van der Waals surface area contributed by atoms with Crippen molar-refractivity contribution in [2.75, 3.05) is 7.05 Å². The van der Waals surface area contributed by atoms with Crippen molar-refractivity contribution in [2.24, 2.45) is 10.4 Å². The van der Waals surface area contributed by atoms with Crippen molar-refractivity contribution in [1.29, 1.82) is 0 Å². The minimum atomic E-state index is -0.139. The minimum Gasteiger partial charge on any atom is -0.429 e. The van der Waals surface area contributed by atoms with Crippen LogP contribution in [0.2, 0.25) is 0 Å². The molecule has 5 heteroatoms. The summed E-state index contributed by atoms with van der Waals surface area (Å²) in [7, 11) is 1.76. The fourth-order valence-electron chi connectivity index (χ4n) is 0.438. The van der Waals surface area contributed by atoms with Crippen LogP contribution >= 0.6 is 11.3 Å². The smallest absolute Gasteiger partial charge is 0.429 e. The minimum absolute atomic E-state index is 0. The van der Waals surface area contributed by atoms with Gasteiger partial charge in [0.25, 0.3) is 0 Å². The quantitative estimate of drug-likeness (QED) is 0.357. The predicted molar refractivity (Wildman–Crippen MR) is 59.2 cm³/mol. The Morgan fingerprint density at radius 1 is 1.47 bits per heavy atom. The summed E-state index contributed by atoms with van der Waals surface area (Å²) in [4.78, 5) is 17.7. The number of hydrogen-bond donors (Lipinski definition) is 1. The number of aromatic nitrogens is 1. The molecule has 1 aromatic heterocycles. The van der Waals surface area contributed by atoms with Gasteiger partial charge in [-0.3, -0.25) is 0 Å². The van der Waals surface area contributed by atoms with Crippen LogP contribution in [0.1, 0.15) is 26.5 Å². The number of aromatic amines is 1. The molecular weight excluding hydrogens is 235 g/mol. The maximum absolute atomic E-state index is 9.83. The third-order valence-electron chi connectivity index (χ3n) is 1.15. The zero-order valence-electron chi connectivity index (χ0n) is 10.3. The third kappa shape index (κ3) is 11.0. The molecular formula is C10H17KN2OS. The molecule has 0 aliphatic rings. The molecule has 1 N–H and O–H groups in total. The Morgan fingerprint density at radius 3 is 2.07 bits per heavy atom. The maximum atomic E-state index is 9.83. The number of aryl methyl sites for hydroxylation is 1. The molecule has 0 atom stereocenters. The molecule has 80 valence electrons. The molecule has 0 aliphatic heterocycles. The van der Waals surface area contributed by atoms with Crippen molar-refractivity contribution in [1.82, 2.24) is 4.98 Å². The van der Waals surface area contributed by atoms with Crippen molar-refractivity contribution in [3.05, 3.63) is 15.9 Å². The van der Waals surface area contributed by atoms with Crippen LogP contribution in [0.4, 0.5) is 0 Å². The fourth-order valence-corrected chi connectivity index (χ4v) is 1.03. The number of nitrogens with one attached hydrogen (secondary N) is 1. The van der Waals surface area contributed by atoms with Crippen molar-refractivity contribution >= 4 is 17.6 Å². The Morgan fingerprint density at radius 2 is 1.93 bits per heavy atom. The van der Waals surface area contributed by atoms with Gasteiger partial charge in [-0.25, -0.2) is 0 Å². The summed E-state index contributed by atoms with van der Waals surface area (Å²) >= 11 is 1.50. The van der Waals surface area contributed by atoms with Crippen LogP contribution < -0.4 is 56.2 Å². The molecule has 1 rings (SSSR count). The molecule has 0 amide bonds. The first-order valence-corrected chi connectivity index (χ1v) is 5.17. The van der Waals surface area contributed by atoms with Gasteiger partial charge in [-0.15, -0.1) is 0 Å². The van der Waals surface area contributed by atoms with Crippen LogP contribution in [0.25, 0.3) is 0 Å². The summed E-state index contributed by atoms with van der Waals surface area (Å²) in [5.41, 5.74) is 0.913. The molecule has 0 saturated heterocycles. The van der Waals surface area contributed by atoms with Crippen molar-refractivity contribution in [3.8, 4) is 0 Å². The van der Waals surface area contributed by atoms with E-state index in [1.807, 2.05) is 27.7 Å². The van der Waals surface area contributed by atoms with Gasteiger partial charge in [0.05, 0.1) is 0 Å². The Balaban J connectivity index is 0. The molecule has 0 unspecified atom stereocenters. The summed E-state index contributed by atoms with van der Waals surface area (Å²) in [5.74, 6) is 0. The number of thiazole rings is 1. The average molecular weight is 252 g/mol. The molecule has 0 saturated carbocycles. The molecule has 0 bridgehead atoms. The number of aldehydes is 1. The van der Waals surface area contributed by atoms with Gasteiger partial charge in [0, 0.05) is 17.3 Å². The van der Waals surface area contributed by atoms with E-state index in [4.69, 9.17) is 0 Å². The second-order valence-corrected chi connectivity index (χ2v) is 4.76. The van der Waals surface area contributed by atoms with E-state index in [9.17, 15) is 4.79 Å². The van der Waals surface area contributed by atoms with E-state index in [0.717, 1.165) is 16.8 Å². The van der Waals surface area contributed by atoms with Gasteiger partial charge in [0.15, 0.2) is 0 Å². The summed E-state index contributed by atoms with van der Waals surface area (Å²) in [6.07, 6.45) is 0.938. The van der Waals surface area contributed by atoms with E-state index in [1.54, 1.807) is 7.05 Å². The second kappa shape index (κ2) is 8.84. The Labute approximate surface area is 138 Å². The van der Waals surface area contributed by atoms with Crippen LogP contribution in [0.3, 0.4) is 0 Å². The topological polar surface area (TPSA) is 45.2 Å². The van der Waals surface area contributed by atoms with E-state index >= 15 is 0 Å². The number of hydrogen-bond acceptors (Lipinski definition) is 3. The van der Waals surface area contributed by atoms with Gasteiger partial charge in [0.2, 0.25) is 0 Å². The SMILES string of the molecule is CC(C)(C)C=O.CN=c1[nH]c(C)[c-]s1.[K+]. The predicted octanol–water partition coefficient (Wildman–Crippen LogP) is -1.05. The average Bonchev–Trinajstić information content (AvgIpc) is 2.51. The van der Waals surface area contributed by atoms with Crippen LogP contribution in [0.15, 0.2) is 4.99 Å². The Bertz CT molecular complexity index is 336. The first-order chi connectivity index (χ1) is 6.39. The van der Waals surface area contributed by atoms with Gasteiger partial charge in [-0.05, 0) is 6.92 Å². The number of H-pyrrole nitrogens is 1. The van der Waals surface area contributed by atoms with E-state index in [1.165, 1.54) is 11.3 Å². The van der Waals surface area contributed by atoms with Crippen LogP contribution in [0.5, 0.6) is 0 Å². The van der Waals surface area contributed by atoms with Gasteiger partial charge in [0.1, 0.15) is 6.29 Å². The van der Waals surface area contributed by atoms with Crippen LogP contribution in [-0.2, 0) is 4.79 Å². The second-order valence-electron chi connectivity index (χ2n) is 3.97. The molecule has 15 heavy (non-hydrogen) atoms. The van der Waals surface area contributed by atoms with E-state index in [-0.39, 0.29) is 56.8 Å².